The second-order valence-corrected chi connectivity index (χ2v) is 5.23. The van der Waals surface area contributed by atoms with Crippen LogP contribution in [0.4, 0.5) is 8.78 Å². The van der Waals surface area contributed by atoms with Gasteiger partial charge in [-0.3, -0.25) is 19.5 Å². The van der Waals surface area contributed by atoms with Gasteiger partial charge in [0, 0.05) is 25.5 Å². The molecule has 0 N–H and O–H groups in total. The van der Waals surface area contributed by atoms with E-state index in [1.54, 1.807) is 0 Å². The highest BCUT2D eigenvalue weighted by Crippen LogP contribution is 2.16. The number of aliphatic imine (C=N–C) groups is 1. The van der Waals surface area contributed by atoms with Crippen molar-refractivity contribution in [2.75, 3.05) is 19.3 Å². The van der Waals surface area contributed by atoms with E-state index in [2.05, 4.69) is 4.99 Å². The predicted molar refractivity (Wildman–Crippen MR) is 77.5 cm³/mol. The molecule has 1 aliphatic heterocycles. The number of rotatable bonds is 4. The summed E-state index contributed by atoms with van der Waals surface area (Å²) >= 11 is 1.37. The van der Waals surface area contributed by atoms with Crippen LogP contribution in [0.2, 0.25) is 0 Å². The zero-order valence-corrected chi connectivity index (χ0v) is 12.3. The van der Waals surface area contributed by atoms with E-state index in [0.717, 1.165) is 12.1 Å². The summed E-state index contributed by atoms with van der Waals surface area (Å²) in [7, 11) is 0. The Labute approximate surface area is 125 Å². The summed E-state index contributed by atoms with van der Waals surface area (Å²) in [5, 5.41) is 0.639. The Morgan fingerprint density at radius 2 is 2.10 bits per heavy atom. The molecule has 0 saturated carbocycles. The van der Waals surface area contributed by atoms with E-state index in [1.165, 1.54) is 16.7 Å². The molecule has 7 heteroatoms. The van der Waals surface area contributed by atoms with E-state index < -0.39 is 17.4 Å². The second kappa shape index (κ2) is 6.80. The summed E-state index contributed by atoms with van der Waals surface area (Å²) in [6.45, 7) is 1.07. The molecule has 0 aliphatic carbocycles. The van der Waals surface area contributed by atoms with Crippen molar-refractivity contribution in [2.45, 2.75) is 12.8 Å². The molecule has 1 aromatic rings. The van der Waals surface area contributed by atoms with E-state index >= 15 is 0 Å². The quantitative estimate of drug-likeness (QED) is 0.803. The number of thioether (sulfide) groups is 1. The van der Waals surface area contributed by atoms with Crippen molar-refractivity contribution >= 4 is 28.6 Å². The lowest BCUT2D eigenvalue weighted by Gasteiger charge is -2.16. The average Bonchev–Trinajstić information content (AvgIpc) is 2.92. The standard InChI is InChI=1S/C14H14F2N2O2S/c1-21-14-17-6-7-18(14)13(20)5-4-12(19)10-3-2-9(15)8-11(10)16/h2-3,8H,4-7H2,1H3. The third-order valence-electron chi connectivity index (χ3n) is 3.08. The van der Waals surface area contributed by atoms with Gasteiger partial charge in [-0.05, 0) is 18.4 Å². The average molecular weight is 312 g/mol. The minimum absolute atomic E-state index is 0.0186. The first-order valence-electron chi connectivity index (χ1n) is 6.40. The normalized spacial score (nSPS) is 14.2. The SMILES string of the molecule is CSC1=NCCN1C(=O)CCC(=O)c1ccc(F)cc1F. The Balaban J connectivity index is 1.95. The minimum Gasteiger partial charge on any atom is -0.294 e. The van der Waals surface area contributed by atoms with Crippen molar-refractivity contribution in [1.82, 2.24) is 4.90 Å². The fourth-order valence-electron chi connectivity index (χ4n) is 2.04. The number of amidine groups is 1. The molecule has 2 rings (SSSR count). The predicted octanol–water partition coefficient (Wildman–Crippen LogP) is 2.49. The number of hydrogen-bond acceptors (Lipinski definition) is 4. The van der Waals surface area contributed by atoms with Gasteiger partial charge in [-0.2, -0.15) is 0 Å². The topological polar surface area (TPSA) is 49.7 Å². The molecule has 1 heterocycles. The van der Waals surface area contributed by atoms with Gasteiger partial charge in [-0.15, -0.1) is 0 Å². The van der Waals surface area contributed by atoms with E-state index in [1.807, 2.05) is 6.26 Å². The minimum atomic E-state index is -0.903. The molecule has 0 saturated heterocycles. The molecular formula is C14H14F2N2O2S. The molecule has 0 atom stereocenters. The third kappa shape index (κ3) is 3.66. The molecule has 1 amide bonds. The van der Waals surface area contributed by atoms with Gasteiger partial charge < -0.3 is 0 Å². The van der Waals surface area contributed by atoms with Gasteiger partial charge in [-0.25, -0.2) is 8.78 Å². The molecule has 21 heavy (non-hydrogen) atoms. The molecule has 1 aliphatic rings. The fourth-order valence-corrected chi connectivity index (χ4v) is 2.67. The van der Waals surface area contributed by atoms with Crippen LogP contribution in [0, 0.1) is 11.6 Å². The highest BCUT2D eigenvalue weighted by atomic mass is 32.2. The molecule has 0 fully saturated rings. The number of nitrogens with zero attached hydrogens (tertiary/aromatic N) is 2. The summed E-state index contributed by atoms with van der Waals surface area (Å²) in [5.74, 6) is -2.36. The lowest BCUT2D eigenvalue weighted by molar-refractivity contribution is -0.126. The van der Waals surface area contributed by atoms with Crippen LogP contribution in [-0.2, 0) is 4.79 Å². The summed E-state index contributed by atoms with van der Waals surface area (Å²) in [6.07, 6.45) is 1.69. The number of amides is 1. The third-order valence-corrected chi connectivity index (χ3v) is 3.80. The maximum absolute atomic E-state index is 13.5. The van der Waals surface area contributed by atoms with E-state index in [9.17, 15) is 18.4 Å². The molecule has 0 aromatic heterocycles. The number of halogens is 2. The van der Waals surface area contributed by atoms with Crippen molar-refractivity contribution in [3.63, 3.8) is 0 Å². The lowest BCUT2D eigenvalue weighted by atomic mass is 10.1. The summed E-state index contributed by atoms with van der Waals surface area (Å²) < 4.78 is 26.2. The Morgan fingerprint density at radius 1 is 1.33 bits per heavy atom. The van der Waals surface area contributed by atoms with Gasteiger partial charge in [0.05, 0.1) is 12.1 Å². The highest BCUT2D eigenvalue weighted by Gasteiger charge is 2.23. The van der Waals surface area contributed by atoms with Crippen LogP contribution in [0.1, 0.15) is 23.2 Å². The lowest BCUT2D eigenvalue weighted by Crippen LogP contribution is -2.32. The van der Waals surface area contributed by atoms with Crippen LogP contribution >= 0.6 is 11.8 Å². The molecule has 0 bridgehead atoms. The van der Waals surface area contributed by atoms with Gasteiger partial charge in [0.25, 0.3) is 0 Å². The van der Waals surface area contributed by atoms with Gasteiger partial charge in [-0.1, -0.05) is 11.8 Å². The molecule has 112 valence electrons. The number of ketones is 1. The molecule has 0 spiro atoms. The van der Waals surface area contributed by atoms with Crippen LogP contribution in [0.25, 0.3) is 0 Å². The Hall–Kier alpha value is -1.76. The van der Waals surface area contributed by atoms with E-state index in [-0.39, 0.29) is 24.3 Å². The van der Waals surface area contributed by atoms with Crippen molar-refractivity contribution in [3.8, 4) is 0 Å². The van der Waals surface area contributed by atoms with Crippen molar-refractivity contribution in [2.24, 2.45) is 4.99 Å². The van der Waals surface area contributed by atoms with Crippen LogP contribution < -0.4 is 0 Å². The smallest absolute Gasteiger partial charge is 0.229 e. The van der Waals surface area contributed by atoms with E-state index in [4.69, 9.17) is 0 Å². The summed E-state index contributed by atoms with van der Waals surface area (Å²) in [6, 6.07) is 2.78. The first-order chi connectivity index (χ1) is 10.0. The van der Waals surface area contributed by atoms with Crippen LogP contribution in [0.5, 0.6) is 0 Å². The molecule has 0 unspecified atom stereocenters. The van der Waals surface area contributed by atoms with Crippen LogP contribution in [0.15, 0.2) is 23.2 Å². The summed E-state index contributed by atoms with van der Waals surface area (Å²) in [5.41, 5.74) is -0.190. The Morgan fingerprint density at radius 3 is 2.76 bits per heavy atom. The van der Waals surface area contributed by atoms with Crippen LogP contribution in [0.3, 0.4) is 0 Å². The number of carbonyl (C=O) groups is 2. The molecular weight excluding hydrogens is 298 g/mol. The van der Waals surface area contributed by atoms with Crippen molar-refractivity contribution in [3.05, 3.63) is 35.4 Å². The fraction of sp³-hybridized carbons (Fsp3) is 0.357. The molecule has 0 radical (unpaired) electrons. The summed E-state index contributed by atoms with van der Waals surface area (Å²) in [4.78, 5) is 29.6. The highest BCUT2D eigenvalue weighted by molar-refractivity contribution is 8.13. The number of carbonyl (C=O) groups excluding carboxylic acids is 2. The zero-order valence-electron chi connectivity index (χ0n) is 11.4. The molecule has 1 aromatic carbocycles. The van der Waals surface area contributed by atoms with Crippen molar-refractivity contribution in [1.29, 1.82) is 0 Å². The van der Waals surface area contributed by atoms with Gasteiger partial charge >= 0.3 is 0 Å². The molecule has 4 nitrogen and oxygen atoms in total. The number of hydrogen-bond donors (Lipinski definition) is 0. The first-order valence-corrected chi connectivity index (χ1v) is 7.62. The first kappa shape index (κ1) is 15.6. The van der Waals surface area contributed by atoms with E-state index in [0.29, 0.717) is 24.3 Å². The Bertz CT molecular complexity index is 605. The van der Waals surface area contributed by atoms with Crippen LogP contribution in [-0.4, -0.2) is 41.1 Å². The largest absolute Gasteiger partial charge is 0.294 e. The number of Topliss-reactive ketones (excluding diaryl/α,β-unsaturated/α-hetero) is 1. The number of benzene rings is 1. The maximum atomic E-state index is 13.5. The Kier molecular flexibility index (Phi) is 5.06. The van der Waals surface area contributed by atoms with Gasteiger partial charge in [0.15, 0.2) is 11.0 Å². The monoisotopic (exact) mass is 312 g/mol. The zero-order chi connectivity index (χ0) is 15.4. The maximum Gasteiger partial charge on any atom is 0.229 e. The second-order valence-electron chi connectivity index (χ2n) is 4.46. The van der Waals surface area contributed by atoms with Gasteiger partial charge in [0.2, 0.25) is 5.91 Å². The van der Waals surface area contributed by atoms with Gasteiger partial charge in [0.1, 0.15) is 11.6 Å². The van der Waals surface area contributed by atoms with Crippen molar-refractivity contribution < 1.29 is 18.4 Å².